The Morgan fingerprint density at radius 2 is 2.17 bits per heavy atom. The highest BCUT2D eigenvalue weighted by atomic mass is 16.5. The fourth-order valence-corrected chi connectivity index (χ4v) is 2.53. The molecule has 0 unspecified atom stereocenters. The van der Waals surface area contributed by atoms with Gasteiger partial charge in [0.05, 0.1) is 12.5 Å². The second kappa shape index (κ2) is 6.01. The average molecular weight is 247 g/mol. The smallest absolute Gasteiger partial charge is 0.310 e. The summed E-state index contributed by atoms with van der Waals surface area (Å²) >= 11 is 0. The molecule has 18 heavy (non-hydrogen) atoms. The van der Waals surface area contributed by atoms with Gasteiger partial charge in [-0.1, -0.05) is 30.3 Å². The molecule has 1 fully saturated rings. The minimum atomic E-state index is -0.0414. The molecule has 1 aromatic rings. The van der Waals surface area contributed by atoms with Gasteiger partial charge in [0, 0.05) is 12.6 Å². The van der Waals surface area contributed by atoms with E-state index in [2.05, 4.69) is 36.1 Å². The van der Waals surface area contributed by atoms with E-state index in [0.717, 1.165) is 19.5 Å². The molecule has 0 aliphatic carbocycles. The summed E-state index contributed by atoms with van der Waals surface area (Å²) in [5.74, 6) is 0.0105. The molecule has 1 aromatic carbocycles. The molecule has 0 bridgehead atoms. The van der Waals surface area contributed by atoms with Gasteiger partial charge in [-0.2, -0.15) is 0 Å². The molecule has 0 aromatic heterocycles. The van der Waals surface area contributed by atoms with E-state index in [1.807, 2.05) is 13.0 Å². The van der Waals surface area contributed by atoms with Crippen LogP contribution in [0, 0.1) is 5.92 Å². The lowest BCUT2D eigenvalue weighted by Crippen LogP contribution is -2.27. The zero-order valence-electron chi connectivity index (χ0n) is 11.1. The van der Waals surface area contributed by atoms with Gasteiger partial charge in [0.15, 0.2) is 0 Å². The fourth-order valence-electron chi connectivity index (χ4n) is 2.53. The highest BCUT2D eigenvalue weighted by molar-refractivity contribution is 5.73. The van der Waals surface area contributed by atoms with Crippen molar-refractivity contribution >= 4 is 5.97 Å². The quantitative estimate of drug-likeness (QED) is 0.766. The van der Waals surface area contributed by atoms with Crippen molar-refractivity contribution in [2.45, 2.75) is 26.3 Å². The average Bonchev–Trinajstić information content (AvgIpc) is 2.89. The topological polar surface area (TPSA) is 29.5 Å². The molecule has 0 spiro atoms. The molecule has 0 amide bonds. The van der Waals surface area contributed by atoms with Crippen LogP contribution >= 0.6 is 0 Å². The number of likely N-dealkylation sites (tertiary alicyclic amines) is 1. The molecule has 2 rings (SSSR count). The summed E-state index contributed by atoms with van der Waals surface area (Å²) in [4.78, 5) is 14.1. The van der Waals surface area contributed by atoms with Gasteiger partial charge in [-0.05, 0) is 32.4 Å². The van der Waals surface area contributed by atoms with Gasteiger partial charge in [-0.3, -0.25) is 9.69 Å². The number of ether oxygens (including phenoxy) is 1. The third-order valence-electron chi connectivity index (χ3n) is 3.67. The van der Waals surface area contributed by atoms with Crippen LogP contribution in [0.15, 0.2) is 30.3 Å². The van der Waals surface area contributed by atoms with Crippen molar-refractivity contribution in [3.05, 3.63) is 35.9 Å². The number of esters is 1. The zero-order valence-corrected chi connectivity index (χ0v) is 11.1. The molecule has 3 heteroatoms. The van der Waals surface area contributed by atoms with Crippen molar-refractivity contribution in [2.75, 3.05) is 19.7 Å². The molecule has 0 saturated carbocycles. The predicted octanol–water partition coefficient (Wildman–Crippen LogP) is 2.63. The van der Waals surface area contributed by atoms with Crippen molar-refractivity contribution in [3.63, 3.8) is 0 Å². The Labute approximate surface area is 109 Å². The maximum absolute atomic E-state index is 11.7. The lowest BCUT2D eigenvalue weighted by molar-refractivity contribution is -0.147. The van der Waals surface area contributed by atoms with E-state index in [-0.39, 0.29) is 11.9 Å². The van der Waals surface area contributed by atoms with E-state index in [1.165, 1.54) is 5.56 Å². The van der Waals surface area contributed by atoms with Crippen LogP contribution in [0.2, 0.25) is 0 Å². The van der Waals surface area contributed by atoms with E-state index in [9.17, 15) is 4.79 Å². The van der Waals surface area contributed by atoms with E-state index < -0.39 is 0 Å². The Hall–Kier alpha value is -1.35. The van der Waals surface area contributed by atoms with Crippen LogP contribution in [-0.2, 0) is 9.53 Å². The van der Waals surface area contributed by atoms with Gasteiger partial charge in [-0.15, -0.1) is 0 Å². The van der Waals surface area contributed by atoms with Gasteiger partial charge in [0.25, 0.3) is 0 Å². The molecule has 0 N–H and O–H groups in total. The Bertz CT molecular complexity index is 391. The van der Waals surface area contributed by atoms with Gasteiger partial charge >= 0.3 is 5.97 Å². The standard InChI is InChI=1S/C15H21NO2/c1-3-18-15(17)14-9-10-16(11-14)12(2)13-7-5-4-6-8-13/h4-8,12,14H,3,9-11H2,1-2H3/t12-,14+/m1/s1. The fraction of sp³-hybridized carbons (Fsp3) is 0.533. The first kappa shape index (κ1) is 13.1. The Morgan fingerprint density at radius 1 is 1.44 bits per heavy atom. The molecule has 3 nitrogen and oxygen atoms in total. The number of carbonyl (C=O) groups excluding carboxylic acids is 1. The predicted molar refractivity (Wildman–Crippen MR) is 71.2 cm³/mol. The van der Waals surface area contributed by atoms with Gasteiger partial charge < -0.3 is 4.74 Å². The lowest BCUT2D eigenvalue weighted by atomic mass is 10.1. The number of hydrogen-bond donors (Lipinski definition) is 0. The number of nitrogens with zero attached hydrogens (tertiary/aromatic N) is 1. The summed E-state index contributed by atoms with van der Waals surface area (Å²) < 4.78 is 5.09. The van der Waals surface area contributed by atoms with Crippen molar-refractivity contribution in [1.29, 1.82) is 0 Å². The minimum Gasteiger partial charge on any atom is -0.466 e. The Balaban J connectivity index is 1.94. The summed E-state index contributed by atoms with van der Waals surface area (Å²) in [6, 6.07) is 10.8. The van der Waals surface area contributed by atoms with Crippen LogP contribution in [0.4, 0.5) is 0 Å². The maximum Gasteiger partial charge on any atom is 0.310 e. The van der Waals surface area contributed by atoms with Crippen molar-refractivity contribution < 1.29 is 9.53 Å². The molecule has 1 aliphatic rings. The summed E-state index contributed by atoms with van der Waals surface area (Å²) in [6.45, 7) is 6.32. The second-order valence-electron chi connectivity index (χ2n) is 4.82. The number of benzene rings is 1. The van der Waals surface area contributed by atoms with Crippen LogP contribution in [-0.4, -0.2) is 30.6 Å². The largest absolute Gasteiger partial charge is 0.466 e. The summed E-state index contributed by atoms with van der Waals surface area (Å²) in [5.41, 5.74) is 1.31. The van der Waals surface area contributed by atoms with E-state index in [4.69, 9.17) is 4.74 Å². The first-order valence-electron chi connectivity index (χ1n) is 6.68. The van der Waals surface area contributed by atoms with Crippen LogP contribution in [0.5, 0.6) is 0 Å². The lowest BCUT2D eigenvalue weighted by Gasteiger charge is -2.24. The SMILES string of the molecule is CCOC(=O)[C@H]1CCN([C@H](C)c2ccccc2)C1. The summed E-state index contributed by atoms with van der Waals surface area (Å²) in [6.07, 6.45) is 0.913. The highest BCUT2D eigenvalue weighted by Gasteiger charge is 2.31. The van der Waals surface area contributed by atoms with Crippen LogP contribution in [0.1, 0.15) is 31.9 Å². The first-order valence-corrected chi connectivity index (χ1v) is 6.68. The van der Waals surface area contributed by atoms with Crippen molar-refractivity contribution in [1.82, 2.24) is 4.90 Å². The van der Waals surface area contributed by atoms with Gasteiger partial charge in [-0.25, -0.2) is 0 Å². The molecule has 2 atom stereocenters. The molecular formula is C15H21NO2. The maximum atomic E-state index is 11.7. The molecule has 1 heterocycles. The molecule has 1 saturated heterocycles. The van der Waals surface area contributed by atoms with E-state index in [1.54, 1.807) is 0 Å². The zero-order chi connectivity index (χ0) is 13.0. The van der Waals surface area contributed by atoms with E-state index in [0.29, 0.717) is 12.6 Å². The minimum absolute atomic E-state index is 0.0414. The molecule has 0 radical (unpaired) electrons. The van der Waals surface area contributed by atoms with Crippen LogP contribution in [0.25, 0.3) is 0 Å². The first-order chi connectivity index (χ1) is 8.72. The van der Waals surface area contributed by atoms with Crippen LogP contribution in [0.3, 0.4) is 0 Å². The van der Waals surface area contributed by atoms with Crippen molar-refractivity contribution in [2.24, 2.45) is 5.92 Å². The third kappa shape index (κ3) is 2.91. The number of hydrogen-bond acceptors (Lipinski definition) is 3. The van der Waals surface area contributed by atoms with E-state index >= 15 is 0 Å². The third-order valence-corrected chi connectivity index (χ3v) is 3.67. The monoisotopic (exact) mass is 247 g/mol. The molecule has 98 valence electrons. The van der Waals surface area contributed by atoms with Gasteiger partial charge in [0.1, 0.15) is 0 Å². The van der Waals surface area contributed by atoms with Gasteiger partial charge in [0.2, 0.25) is 0 Å². The molecule has 1 aliphatic heterocycles. The normalized spacial score (nSPS) is 21.8. The number of carbonyl (C=O) groups is 1. The highest BCUT2D eigenvalue weighted by Crippen LogP contribution is 2.27. The molecular weight excluding hydrogens is 226 g/mol. The Morgan fingerprint density at radius 3 is 2.83 bits per heavy atom. The number of rotatable bonds is 4. The van der Waals surface area contributed by atoms with Crippen molar-refractivity contribution in [3.8, 4) is 0 Å². The second-order valence-corrected chi connectivity index (χ2v) is 4.82. The summed E-state index contributed by atoms with van der Waals surface area (Å²) in [7, 11) is 0. The van der Waals surface area contributed by atoms with Crippen LogP contribution < -0.4 is 0 Å². The Kier molecular flexibility index (Phi) is 4.37. The summed E-state index contributed by atoms with van der Waals surface area (Å²) in [5, 5.41) is 0.